The van der Waals surface area contributed by atoms with Gasteiger partial charge in [-0.15, -0.1) is 0 Å². The van der Waals surface area contributed by atoms with E-state index in [1.54, 1.807) is 4.90 Å². The number of nitrogens with one attached hydrogen (secondary N) is 1. The van der Waals surface area contributed by atoms with Gasteiger partial charge in [-0.05, 0) is 31.6 Å². The van der Waals surface area contributed by atoms with E-state index in [1.807, 2.05) is 0 Å². The summed E-state index contributed by atoms with van der Waals surface area (Å²) in [6.07, 6.45) is 7.15. The molecule has 5 nitrogen and oxygen atoms in total. The lowest BCUT2D eigenvalue weighted by atomic mass is 9.81. The normalized spacial score (nSPS) is 34.5. The maximum Gasteiger partial charge on any atom is 0.317 e. The predicted octanol–water partition coefficient (Wildman–Crippen LogP) is 1.83. The number of hydrogen-bond acceptors (Lipinski definition) is 2. The van der Waals surface area contributed by atoms with Crippen LogP contribution in [0.15, 0.2) is 0 Å². The number of carbonyl (C=O) groups excluding carboxylic acids is 1. The maximum atomic E-state index is 12.2. The third-order valence-electron chi connectivity index (χ3n) is 5.27. The van der Waals surface area contributed by atoms with Crippen LogP contribution >= 0.6 is 0 Å². The Balaban J connectivity index is 1.64. The first-order valence-corrected chi connectivity index (χ1v) is 7.41. The number of carbonyl (C=O) groups is 2. The van der Waals surface area contributed by atoms with Gasteiger partial charge in [-0.2, -0.15) is 0 Å². The Hall–Kier alpha value is -1.26. The molecule has 3 rings (SSSR count). The molecule has 3 aliphatic rings. The Bertz CT molecular complexity index is 392. The molecular weight excluding hydrogens is 244 g/mol. The summed E-state index contributed by atoms with van der Waals surface area (Å²) >= 11 is 0. The number of amides is 2. The van der Waals surface area contributed by atoms with Crippen molar-refractivity contribution in [3.63, 3.8) is 0 Å². The average Bonchev–Trinajstić information content (AvgIpc) is 3.01. The molecule has 2 atom stereocenters. The Kier molecular flexibility index (Phi) is 3.15. The second-order valence-corrected chi connectivity index (χ2v) is 6.36. The Morgan fingerprint density at radius 2 is 1.89 bits per heavy atom. The first-order chi connectivity index (χ1) is 9.12. The molecule has 3 fully saturated rings. The van der Waals surface area contributed by atoms with E-state index >= 15 is 0 Å². The molecule has 2 N–H and O–H groups in total. The van der Waals surface area contributed by atoms with E-state index in [1.165, 1.54) is 12.8 Å². The lowest BCUT2D eigenvalue weighted by molar-refractivity contribution is -0.149. The van der Waals surface area contributed by atoms with E-state index in [-0.39, 0.29) is 11.9 Å². The van der Waals surface area contributed by atoms with Crippen molar-refractivity contribution in [2.24, 2.45) is 11.3 Å². The highest BCUT2D eigenvalue weighted by molar-refractivity contribution is 5.80. The Morgan fingerprint density at radius 3 is 2.53 bits per heavy atom. The van der Waals surface area contributed by atoms with Crippen molar-refractivity contribution >= 4 is 12.0 Å². The lowest BCUT2D eigenvalue weighted by Gasteiger charge is -2.24. The monoisotopic (exact) mass is 266 g/mol. The van der Waals surface area contributed by atoms with Crippen molar-refractivity contribution in [2.75, 3.05) is 13.1 Å². The van der Waals surface area contributed by atoms with Crippen molar-refractivity contribution in [1.29, 1.82) is 0 Å². The van der Waals surface area contributed by atoms with Crippen LogP contribution in [0.3, 0.4) is 0 Å². The van der Waals surface area contributed by atoms with Gasteiger partial charge >= 0.3 is 12.0 Å². The lowest BCUT2D eigenvalue weighted by Crippen LogP contribution is -2.44. The van der Waals surface area contributed by atoms with Gasteiger partial charge in [-0.1, -0.05) is 19.3 Å². The number of urea groups is 1. The molecule has 0 aromatic heterocycles. The van der Waals surface area contributed by atoms with Crippen molar-refractivity contribution in [2.45, 2.75) is 51.0 Å². The number of likely N-dealkylation sites (tertiary alicyclic amines) is 1. The molecule has 2 aliphatic carbocycles. The SMILES string of the molecule is O=C(NC1CCCC1)N1C[C@@H]2CCC[C@@]2(C(=O)O)C1. The van der Waals surface area contributed by atoms with Gasteiger partial charge in [0.25, 0.3) is 0 Å². The van der Waals surface area contributed by atoms with E-state index < -0.39 is 11.4 Å². The highest BCUT2D eigenvalue weighted by atomic mass is 16.4. The fraction of sp³-hybridized carbons (Fsp3) is 0.857. The molecule has 0 bridgehead atoms. The molecule has 1 heterocycles. The minimum absolute atomic E-state index is 0.0538. The Morgan fingerprint density at radius 1 is 1.16 bits per heavy atom. The van der Waals surface area contributed by atoms with Gasteiger partial charge < -0.3 is 15.3 Å². The molecule has 2 amide bonds. The topological polar surface area (TPSA) is 69.6 Å². The van der Waals surface area contributed by atoms with Gasteiger partial charge in [0.15, 0.2) is 0 Å². The molecule has 1 aliphatic heterocycles. The molecular formula is C14H22N2O3. The summed E-state index contributed by atoms with van der Waals surface area (Å²) < 4.78 is 0. The number of hydrogen-bond donors (Lipinski definition) is 2. The largest absolute Gasteiger partial charge is 0.481 e. The molecule has 0 unspecified atom stereocenters. The van der Waals surface area contributed by atoms with E-state index in [4.69, 9.17) is 0 Å². The fourth-order valence-corrected chi connectivity index (χ4v) is 4.13. The van der Waals surface area contributed by atoms with Crippen LogP contribution in [0.25, 0.3) is 0 Å². The molecule has 0 aromatic carbocycles. The van der Waals surface area contributed by atoms with E-state index in [0.29, 0.717) is 19.1 Å². The van der Waals surface area contributed by atoms with Gasteiger partial charge in [0, 0.05) is 19.1 Å². The number of fused-ring (bicyclic) bond motifs is 1. The van der Waals surface area contributed by atoms with Crippen LogP contribution in [-0.2, 0) is 4.79 Å². The molecule has 0 aromatic rings. The van der Waals surface area contributed by atoms with Gasteiger partial charge in [0.05, 0.1) is 5.41 Å². The summed E-state index contributed by atoms with van der Waals surface area (Å²) in [5.74, 6) is -0.564. The van der Waals surface area contributed by atoms with Crippen molar-refractivity contribution in [3.05, 3.63) is 0 Å². The number of carboxylic acids is 1. The maximum absolute atomic E-state index is 12.2. The summed E-state index contributed by atoms with van der Waals surface area (Å²) in [5.41, 5.74) is -0.660. The third-order valence-corrected chi connectivity index (χ3v) is 5.27. The molecule has 106 valence electrons. The fourth-order valence-electron chi connectivity index (χ4n) is 4.13. The molecule has 0 radical (unpaired) electrons. The number of rotatable bonds is 2. The zero-order chi connectivity index (χ0) is 13.5. The van der Waals surface area contributed by atoms with Gasteiger partial charge in [-0.25, -0.2) is 4.79 Å². The van der Waals surface area contributed by atoms with Crippen LogP contribution in [0.2, 0.25) is 0 Å². The van der Waals surface area contributed by atoms with Crippen molar-refractivity contribution < 1.29 is 14.7 Å². The number of aliphatic carboxylic acids is 1. The number of carboxylic acid groups (broad SMARTS) is 1. The summed E-state index contributed by atoms with van der Waals surface area (Å²) in [7, 11) is 0. The molecule has 1 saturated heterocycles. The quantitative estimate of drug-likeness (QED) is 0.801. The summed E-state index contributed by atoms with van der Waals surface area (Å²) in [4.78, 5) is 25.5. The highest BCUT2D eigenvalue weighted by Crippen LogP contribution is 2.48. The number of nitrogens with zero attached hydrogens (tertiary/aromatic N) is 1. The zero-order valence-electron chi connectivity index (χ0n) is 11.2. The minimum Gasteiger partial charge on any atom is -0.481 e. The smallest absolute Gasteiger partial charge is 0.317 e. The summed E-state index contributed by atoms with van der Waals surface area (Å²) in [6.45, 7) is 1.01. The van der Waals surface area contributed by atoms with Crippen LogP contribution in [0.5, 0.6) is 0 Å². The van der Waals surface area contributed by atoms with Gasteiger partial charge in [-0.3, -0.25) is 4.79 Å². The summed E-state index contributed by atoms with van der Waals surface area (Å²) in [5, 5.41) is 12.6. The minimum atomic E-state index is -0.717. The zero-order valence-corrected chi connectivity index (χ0v) is 11.2. The van der Waals surface area contributed by atoms with Crippen molar-refractivity contribution in [3.8, 4) is 0 Å². The second-order valence-electron chi connectivity index (χ2n) is 6.36. The first kappa shape index (κ1) is 12.8. The van der Waals surface area contributed by atoms with E-state index in [0.717, 1.165) is 32.1 Å². The predicted molar refractivity (Wildman–Crippen MR) is 69.8 cm³/mol. The van der Waals surface area contributed by atoms with Crippen LogP contribution in [0.4, 0.5) is 4.79 Å². The van der Waals surface area contributed by atoms with Crippen molar-refractivity contribution in [1.82, 2.24) is 10.2 Å². The van der Waals surface area contributed by atoms with Crippen LogP contribution in [0, 0.1) is 11.3 Å². The van der Waals surface area contributed by atoms with Crippen LogP contribution in [-0.4, -0.2) is 41.1 Å². The molecule has 2 saturated carbocycles. The standard InChI is InChI=1S/C14H22N2O3/c17-12(18)14-7-3-4-10(14)8-16(9-14)13(19)15-11-5-1-2-6-11/h10-11H,1-9H2,(H,15,19)(H,17,18)/t10-,14+/m0/s1. The molecule has 5 heteroatoms. The van der Waals surface area contributed by atoms with E-state index in [2.05, 4.69) is 5.32 Å². The molecule has 0 spiro atoms. The Labute approximate surface area is 113 Å². The van der Waals surface area contributed by atoms with Gasteiger partial charge in [0.1, 0.15) is 0 Å². The van der Waals surface area contributed by atoms with Crippen LogP contribution < -0.4 is 5.32 Å². The van der Waals surface area contributed by atoms with Crippen LogP contribution in [0.1, 0.15) is 44.9 Å². The van der Waals surface area contributed by atoms with E-state index in [9.17, 15) is 14.7 Å². The first-order valence-electron chi connectivity index (χ1n) is 7.41. The van der Waals surface area contributed by atoms with Gasteiger partial charge in [0.2, 0.25) is 0 Å². The highest BCUT2D eigenvalue weighted by Gasteiger charge is 2.55. The third kappa shape index (κ3) is 2.09. The summed E-state index contributed by atoms with van der Waals surface area (Å²) in [6, 6.07) is 0.246. The average molecular weight is 266 g/mol. The molecule has 19 heavy (non-hydrogen) atoms. The second kappa shape index (κ2) is 4.69.